The summed E-state index contributed by atoms with van der Waals surface area (Å²) in [6, 6.07) is 12.5. The number of hydrogen-bond acceptors (Lipinski definition) is 4. The number of benzene rings is 2. The molecule has 0 saturated carbocycles. The lowest BCUT2D eigenvalue weighted by molar-refractivity contribution is 0.0940. The Morgan fingerprint density at radius 1 is 1.04 bits per heavy atom. The minimum atomic E-state index is -3.65. The van der Waals surface area contributed by atoms with Gasteiger partial charge in [-0.2, -0.15) is 0 Å². The first kappa shape index (κ1) is 21.6. The van der Waals surface area contributed by atoms with Crippen LogP contribution in [0.3, 0.4) is 0 Å². The molecule has 0 bridgehead atoms. The van der Waals surface area contributed by atoms with Crippen LogP contribution in [0.15, 0.2) is 53.4 Å². The molecule has 0 unspecified atom stereocenters. The van der Waals surface area contributed by atoms with E-state index in [4.69, 9.17) is 0 Å². The van der Waals surface area contributed by atoms with Crippen molar-refractivity contribution in [3.05, 3.63) is 59.7 Å². The van der Waals surface area contributed by atoms with Gasteiger partial charge in [-0.15, -0.1) is 0 Å². The number of para-hydroxylation sites is 1. The van der Waals surface area contributed by atoms with Gasteiger partial charge in [-0.1, -0.05) is 25.1 Å². The zero-order valence-electron chi connectivity index (χ0n) is 16.4. The van der Waals surface area contributed by atoms with E-state index in [1.165, 1.54) is 38.4 Å². The second kappa shape index (κ2) is 8.99. The predicted octanol–water partition coefficient (Wildman–Crippen LogP) is 2.72. The lowest BCUT2D eigenvalue weighted by Crippen LogP contribution is -2.32. The van der Waals surface area contributed by atoms with E-state index in [1.54, 1.807) is 24.3 Å². The van der Waals surface area contributed by atoms with Crippen LogP contribution in [0.1, 0.15) is 41.0 Å². The van der Waals surface area contributed by atoms with Crippen molar-refractivity contribution in [1.82, 2.24) is 9.62 Å². The maximum absolute atomic E-state index is 12.7. The number of rotatable bonds is 7. The SMILES string of the molecule is CC[C@H](C)NC(=O)c1ccccc1NC(=O)c1cccc(S(=O)(=O)N(C)C)c1. The summed E-state index contributed by atoms with van der Waals surface area (Å²) in [7, 11) is -0.805. The summed E-state index contributed by atoms with van der Waals surface area (Å²) in [5, 5.41) is 5.56. The van der Waals surface area contributed by atoms with Crippen LogP contribution in [0.4, 0.5) is 5.69 Å². The monoisotopic (exact) mass is 403 g/mol. The van der Waals surface area contributed by atoms with Crippen LogP contribution < -0.4 is 10.6 Å². The molecule has 2 amide bonds. The molecule has 150 valence electrons. The van der Waals surface area contributed by atoms with Gasteiger partial charge in [0.25, 0.3) is 11.8 Å². The summed E-state index contributed by atoms with van der Waals surface area (Å²) in [4.78, 5) is 25.2. The molecule has 7 nitrogen and oxygen atoms in total. The van der Waals surface area contributed by atoms with E-state index in [0.29, 0.717) is 11.3 Å². The van der Waals surface area contributed by atoms with Crippen LogP contribution in [-0.4, -0.2) is 44.7 Å². The summed E-state index contributed by atoms with van der Waals surface area (Å²) in [6.45, 7) is 3.86. The molecular weight excluding hydrogens is 378 g/mol. The van der Waals surface area contributed by atoms with Crippen molar-refractivity contribution >= 4 is 27.5 Å². The highest BCUT2D eigenvalue weighted by atomic mass is 32.2. The normalized spacial score (nSPS) is 12.5. The zero-order chi connectivity index (χ0) is 20.9. The maximum atomic E-state index is 12.7. The summed E-state index contributed by atoms with van der Waals surface area (Å²) >= 11 is 0. The van der Waals surface area contributed by atoms with Crippen molar-refractivity contribution in [2.24, 2.45) is 0 Å². The van der Waals surface area contributed by atoms with Gasteiger partial charge in [-0.3, -0.25) is 9.59 Å². The molecule has 0 heterocycles. The first-order chi connectivity index (χ1) is 13.2. The molecule has 1 atom stereocenters. The standard InChI is InChI=1S/C20H25N3O4S/c1-5-14(2)21-20(25)17-11-6-7-12-18(17)22-19(24)15-9-8-10-16(13-15)28(26,27)23(3)4/h6-14H,5H2,1-4H3,(H,21,25)(H,22,24)/t14-/m0/s1. The predicted molar refractivity (Wildman–Crippen MR) is 109 cm³/mol. The molecule has 0 radical (unpaired) electrons. The number of sulfonamides is 1. The van der Waals surface area contributed by atoms with Crippen molar-refractivity contribution in [2.45, 2.75) is 31.2 Å². The van der Waals surface area contributed by atoms with E-state index in [-0.39, 0.29) is 22.4 Å². The van der Waals surface area contributed by atoms with Crippen LogP contribution in [0.25, 0.3) is 0 Å². The largest absolute Gasteiger partial charge is 0.350 e. The van der Waals surface area contributed by atoms with Crippen LogP contribution in [0.2, 0.25) is 0 Å². The van der Waals surface area contributed by atoms with Gasteiger partial charge in [0.1, 0.15) is 0 Å². The van der Waals surface area contributed by atoms with Crippen LogP contribution in [0.5, 0.6) is 0 Å². The molecule has 2 aromatic carbocycles. The van der Waals surface area contributed by atoms with Crippen molar-refractivity contribution in [3.63, 3.8) is 0 Å². The molecule has 0 spiro atoms. The number of carbonyl (C=O) groups is 2. The Morgan fingerprint density at radius 2 is 1.71 bits per heavy atom. The molecule has 0 fully saturated rings. The number of anilines is 1. The molecule has 2 rings (SSSR count). The Hall–Kier alpha value is -2.71. The first-order valence-corrected chi connectivity index (χ1v) is 10.3. The third kappa shape index (κ3) is 4.96. The fourth-order valence-electron chi connectivity index (χ4n) is 2.40. The Bertz CT molecular complexity index is 971. The summed E-state index contributed by atoms with van der Waals surface area (Å²) in [5.74, 6) is -0.784. The molecular formula is C20H25N3O4S. The fraction of sp³-hybridized carbons (Fsp3) is 0.300. The summed E-state index contributed by atoms with van der Waals surface area (Å²) in [5.41, 5.74) is 0.877. The topological polar surface area (TPSA) is 95.6 Å². The lowest BCUT2D eigenvalue weighted by Gasteiger charge is -2.15. The number of hydrogen-bond donors (Lipinski definition) is 2. The first-order valence-electron chi connectivity index (χ1n) is 8.90. The van der Waals surface area contributed by atoms with Crippen molar-refractivity contribution in [1.29, 1.82) is 0 Å². The van der Waals surface area contributed by atoms with E-state index < -0.39 is 15.9 Å². The number of amides is 2. The van der Waals surface area contributed by atoms with Crippen LogP contribution in [-0.2, 0) is 10.0 Å². The smallest absolute Gasteiger partial charge is 0.255 e. The van der Waals surface area contributed by atoms with Crippen LogP contribution in [0, 0.1) is 0 Å². The van der Waals surface area contributed by atoms with Gasteiger partial charge in [0, 0.05) is 25.7 Å². The summed E-state index contributed by atoms with van der Waals surface area (Å²) in [6.07, 6.45) is 0.785. The Kier molecular flexibility index (Phi) is 6.93. The van der Waals surface area contributed by atoms with Gasteiger partial charge in [0.15, 0.2) is 0 Å². The molecule has 2 N–H and O–H groups in total. The fourth-order valence-corrected chi connectivity index (χ4v) is 3.34. The van der Waals surface area contributed by atoms with Crippen molar-refractivity contribution in [3.8, 4) is 0 Å². The molecule has 0 aliphatic heterocycles. The van der Waals surface area contributed by atoms with E-state index in [9.17, 15) is 18.0 Å². The molecule has 0 aromatic heterocycles. The van der Waals surface area contributed by atoms with E-state index >= 15 is 0 Å². The lowest BCUT2D eigenvalue weighted by atomic mass is 10.1. The highest BCUT2D eigenvalue weighted by Crippen LogP contribution is 2.19. The van der Waals surface area contributed by atoms with Crippen LogP contribution >= 0.6 is 0 Å². The van der Waals surface area contributed by atoms with Gasteiger partial charge in [-0.05, 0) is 43.7 Å². The van der Waals surface area contributed by atoms with E-state index in [2.05, 4.69) is 10.6 Å². The van der Waals surface area contributed by atoms with Gasteiger partial charge < -0.3 is 10.6 Å². The second-order valence-electron chi connectivity index (χ2n) is 6.60. The van der Waals surface area contributed by atoms with E-state index in [0.717, 1.165) is 10.7 Å². The highest BCUT2D eigenvalue weighted by molar-refractivity contribution is 7.89. The average molecular weight is 404 g/mol. The highest BCUT2D eigenvalue weighted by Gasteiger charge is 2.20. The minimum Gasteiger partial charge on any atom is -0.350 e. The third-order valence-electron chi connectivity index (χ3n) is 4.28. The third-order valence-corrected chi connectivity index (χ3v) is 6.10. The Labute approximate surface area is 165 Å². The van der Waals surface area contributed by atoms with Gasteiger partial charge in [-0.25, -0.2) is 12.7 Å². The molecule has 0 aliphatic carbocycles. The number of nitrogens with zero attached hydrogens (tertiary/aromatic N) is 1. The molecule has 28 heavy (non-hydrogen) atoms. The second-order valence-corrected chi connectivity index (χ2v) is 8.75. The number of nitrogens with one attached hydrogen (secondary N) is 2. The van der Waals surface area contributed by atoms with Gasteiger partial charge >= 0.3 is 0 Å². The molecule has 8 heteroatoms. The quantitative estimate of drug-likeness (QED) is 0.743. The Balaban J connectivity index is 2.28. The zero-order valence-corrected chi connectivity index (χ0v) is 17.2. The molecule has 0 saturated heterocycles. The Morgan fingerprint density at radius 3 is 2.36 bits per heavy atom. The number of carbonyl (C=O) groups excluding carboxylic acids is 2. The van der Waals surface area contributed by atoms with Gasteiger partial charge in [0.05, 0.1) is 16.1 Å². The maximum Gasteiger partial charge on any atom is 0.255 e. The van der Waals surface area contributed by atoms with Crippen molar-refractivity contribution < 1.29 is 18.0 Å². The van der Waals surface area contributed by atoms with E-state index in [1.807, 2.05) is 13.8 Å². The molecule has 0 aliphatic rings. The summed E-state index contributed by atoms with van der Waals surface area (Å²) < 4.78 is 25.6. The molecule has 2 aromatic rings. The average Bonchev–Trinajstić information content (AvgIpc) is 2.68. The van der Waals surface area contributed by atoms with Gasteiger partial charge in [0.2, 0.25) is 10.0 Å². The minimum absolute atomic E-state index is 0.00387. The van der Waals surface area contributed by atoms with Crippen molar-refractivity contribution in [2.75, 3.05) is 19.4 Å².